The zero-order valence-corrected chi connectivity index (χ0v) is 10.3. The first-order valence-corrected chi connectivity index (χ1v) is 6.20. The molecule has 92 valence electrons. The van der Waals surface area contributed by atoms with Gasteiger partial charge in [0.25, 0.3) is 0 Å². The minimum atomic E-state index is -0.466. The monoisotopic (exact) mass is 234 g/mol. The number of hydrogen-bond acceptors (Lipinski definition) is 3. The van der Waals surface area contributed by atoms with Gasteiger partial charge in [-0.05, 0) is 31.5 Å². The number of benzene rings is 1. The maximum Gasteiger partial charge on any atom is 0.163 e. The predicted octanol–water partition coefficient (Wildman–Crippen LogP) is 2.53. The van der Waals surface area contributed by atoms with Crippen molar-refractivity contribution in [2.45, 2.75) is 44.7 Å². The van der Waals surface area contributed by atoms with Crippen molar-refractivity contribution in [3.63, 3.8) is 0 Å². The normalized spacial score (nSPS) is 30.7. The molecule has 0 spiro atoms. The van der Waals surface area contributed by atoms with Gasteiger partial charge in [0.15, 0.2) is 5.79 Å². The topological polar surface area (TPSA) is 27.7 Å². The Morgan fingerprint density at radius 1 is 1.18 bits per heavy atom. The van der Waals surface area contributed by atoms with E-state index in [4.69, 9.17) is 14.2 Å². The van der Waals surface area contributed by atoms with Gasteiger partial charge in [0.1, 0.15) is 5.75 Å². The Morgan fingerprint density at radius 3 is 2.88 bits per heavy atom. The molecule has 3 heteroatoms. The van der Waals surface area contributed by atoms with E-state index in [1.165, 1.54) is 5.56 Å². The SMILES string of the molecule is CC1(C)O[C@@H]2CCOc3cccc(c3)C[C@H]2O1. The van der Waals surface area contributed by atoms with Crippen LogP contribution in [0.2, 0.25) is 0 Å². The first-order chi connectivity index (χ1) is 8.12. The molecule has 0 radical (unpaired) electrons. The number of fused-ring (bicyclic) bond motifs is 3. The molecule has 3 nitrogen and oxygen atoms in total. The molecule has 1 aromatic carbocycles. The van der Waals surface area contributed by atoms with Crippen LogP contribution >= 0.6 is 0 Å². The van der Waals surface area contributed by atoms with Crippen LogP contribution in [0.5, 0.6) is 5.75 Å². The zero-order valence-electron chi connectivity index (χ0n) is 10.3. The van der Waals surface area contributed by atoms with Gasteiger partial charge in [-0.15, -0.1) is 0 Å². The molecule has 2 aliphatic heterocycles. The molecule has 2 bridgehead atoms. The minimum Gasteiger partial charge on any atom is -0.493 e. The number of hydrogen-bond donors (Lipinski definition) is 0. The Morgan fingerprint density at radius 2 is 2.00 bits per heavy atom. The molecule has 2 aliphatic rings. The third-order valence-electron chi connectivity index (χ3n) is 3.29. The highest BCUT2D eigenvalue weighted by Crippen LogP contribution is 2.33. The Bertz CT molecular complexity index is 414. The molecule has 0 amide bonds. The van der Waals surface area contributed by atoms with Gasteiger partial charge < -0.3 is 14.2 Å². The first kappa shape index (κ1) is 11.1. The second kappa shape index (κ2) is 4.00. The van der Waals surface area contributed by atoms with E-state index in [0.717, 1.165) is 18.6 Å². The summed E-state index contributed by atoms with van der Waals surface area (Å²) >= 11 is 0. The highest BCUT2D eigenvalue weighted by Gasteiger charge is 2.41. The average molecular weight is 234 g/mol. The van der Waals surface area contributed by atoms with Gasteiger partial charge in [-0.2, -0.15) is 0 Å². The van der Waals surface area contributed by atoms with Crippen molar-refractivity contribution in [3.8, 4) is 5.75 Å². The summed E-state index contributed by atoms with van der Waals surface area (Å²) in [5, 5.41) is 0. The van der Waals surface area contributed by atoms with Crippen molar-refractivity contribution < 1.29 is 14.2 Å². The number of ether oxygens (including phenoxy) is 3. The standard InChI is InChI=1S/C14H18O3/c1-14(2)16-12-6-7-15-11-5-3-4-10(8-11)9-13(12)17-14/h3-5,8,12-13H,6-7,9H2,1-2H3/t12-,13-/m1/s1. The van der Waals surface area contributed by atoms with Crippen molar-refractivity contribution in [1.82, 2.24) is 0 Å². The maximum atomic E-state index is 5.96. The second-order valence-electron chi connectivity index (χ2n) is 5.20. The molecule has 0 unspecified atom stereocenters. The second-order valence-corrected chi connectivity index (χ2v) is 5.20. The third-order valence-corrected chi connectivity index (χ3v) is 3.29. The Balaban J connectivity index is 1.86. The quantitative estimate of drug-likeness (QED) is 0.690. The van der Waals surface area contributed by atoms with E-state index in [0.29, 0.717) is 6.61 Å². The van der Waals surface area contributed by atoms with Gasteiger partial charge >= 0.3 is 0 Å². The lowest BCUT2D eigenvalue weighted by Crippen LogP contribution is -2.26. The van der Waals surface area contributed by atoms with E-state index in [9.17, 15) is 0 Å². The van der Waals surface area contributed by atoms with Gasteiger partial charge in [-0.25, -0.2) is 0 Å². The van der Waals surface area contributed by atoms with Crippen LogP contribution in [0.3, 0.4) is 0 Å². The molecule has 17 heavy (non-hydrogen) atoms. The Labute approximate surface area is 102 Å². The molecule has 3 rings (SSSR count). The summed E-state index contributed by atoms with van der Waals surface area (Å²) in [4.78, 5) is 0. The molecule has 2 atom stereocenters. The van der Waals surface area contributed by atoms with Crippen molar-refractivity contribution in [2.24, 2.45) is 0 Å². The largest absolute Gasteiger partial charge is 0.493 e. The fourth-order valence-corrected chi connectivity index (χ4v) is 2.61. The van der Waals surface area contributed by atoms with E-state index in [1.54, 1.807) is 0 Å². The average Bonchev–Trinajstić information content (AvgIpc) is 2.54. The lowest BCUT2D eigenvalue weighted by atomic mass is 10.0. The van der Waals surface area contributed by atoms with Gasteiger partial charge in [-0.3, -0.25) is 0 Å². The van der Waals surface area contributed by atoms with Gasteiger partial charge in [0.05, 0.1) is 18.8 Å². The van der Waals surface area contributed by atoms with Crippen molar-refractivity contribution in [1.29, 1.82) is 0 Å². The van der Waals surface area contributed by atoms with Crippen LogP contribution in [0.1, 0.15) is 25.8 Å². The summed E-state index contributed by atoms with van der Waals surface area (Å²) in [6.45, 7) is 4.64. The first-order valence-electron chi connectivity index (χ1n) is 6.20. The summed E-state index contributed by atoms with van der Waals surface area (Å²) in [5.41, 5.74) is 1.25. The summed E-state index contributed by atoms with van der Waals surface area (Å²) in [6.07, 6.45) is 2.05. The molecule has 2 heterocycles. The molecular weight excluding hydrogens is 216 g/mol. The predicted molar refractivity (Wildman–Crippen MR) is 64.1 cm³/mol. The summed E-state index contributed by atoms with van der Waals surface area (Å²) < 4.78 is 17.6. The lowest BCUT2D eigenvalue weighted by Gasteiger charge is -2.17. The van der Waals surface area contributed by atoms with E-state index in [-0.39, 0.29) is 12.2 Å². The molecule has 0 saturated carbocycles. The van der Waals surface area contributed by atoms with Crippen LogP contribution in [-0.4, -0.2) is 24.6 Å². The molecule has 1 aromatic rings. The van der Waals surface area contributed by atoms with Crippen LogP contribution in [0.4, 0.5) is 0 Å². The summed E-state index contributed by atoms with van der Waals surface area (Å²) in [5.74, 6) is 0.480. The van der Waals surface area contributed by atoms with Crippen LogP contribution in [-0.2, 0) is 15.9 Å². The molecule has 1 fully saturated rings. The van der Waals surface area contributed by atoms with Gasteiger partial charge in [-0.1, -0.05) is 12.1 Å². The van der Waals surface area contributed by atoms with E-state index in [1.807, 2.05) is 26.0 Å². The molecular formula is C14H18O3. The third kappa shape index (κ3) is 2.31. The highest BCUT2D eigenvalue weighted by atomic mass is 16.8. The van der Waals surface area contributed by atoms with Gasteiger partial charge in [0.2, 0.25) is 0 Å². The number of rotatable bonds is 0. The van der Waals surface area contributed by atoms with Crippen LogP contribution in [0.25, 0.3) is 0 Å². The smallest absolute Gasteiger partial charge is 0.163 e. The highest BCUT2D eigenvalue weighted by molar-refractivity contribution is 5.29. The molecule has 0 aromatic heterocycles. The zero-order chi connectivity index (χ0) is 11.9. The van der Waals surface area contributed by atoms with E-state index >= 15 is 0 Å². The fourth-order valence-electron chi connectivity index (χ4n) is 2.61. The van der Waals surface area contributed by atoms with Gasteiger partial charge in [0, 0.05) is 12.8 Å². The van der Waals surface area contributed by atoms with Crippen LogP contribution in [0, 0.1) is 0 Å². The molecule has 0 aliphatic carbocycles. The molecule has 1 saturated heterocycles. The van der Waals surface area contributed by atoms with Crippen LogP contribution in [0.15, 0.2) is 24.3 Å². The lowest BCUT2D eigenvalue weighted by molar-refractivity contribution is -0.147. The van der Waals surface area contributed by atoms with Crippen molar-refractivity contribution in [2.75, 3.05) is 6.61 Å². The van der Waals surface area contributed by atoms with Crippen molar-refractivity contribution >= 4 is 0 Å². The maximum absolute atomic E-state index is 5.96. The minimum absolute atomic E-state index is 0.138. The Kier molecular flexibility index (Phi) is 2.60. The van der Waals surface area contributed by atoms with E-state index < -0.39 is 5.79 Å². The van der Waals surface area contributed by atoms with Crippen LogP contribution < -0.4 is 4.74 Å². The van der Waals surface area contributed by atoms with E-state index in [2.05, 4.69) is 12.1 Å². The molecule has 0 N–H and O–H groups in total. The fraction of sp³-hybridized carbons (Fsp3) is 0.571. The summed E-state index contributed by atoms with van der Waals surface area (Å²) in [7, 11) is 0. The summed E-state index contributed by atoms with van der Waals surface area (Å²) in [6, 6.07) is 8.24. The van der Waals surface area contributed by atoms with Crippen molar-refractivity contribution in [3.05, 3.63) is 29.8 Å². The Hall–Kier alpha value is -1.06.